The van der Waals surface area contributed by atoms with E-state index in [0.717, 1.165) is 11.1 Å². The zero-order valence-corrected chi connectivity index (χ0v) is 22.1. The smallest absolute Gasteiger partial charge is 0.326 e. The fourth-order valence-corrected chi connectivity index (χ4v) is 4.81. The van der Waals surface area contributed by atoms with Gasteiger partial charge in [0.05, 0.1) is 6.04 Å². The Kier molecular flexibility index (Phi) is 11.4. The summed E-state index contributed by atoms with van der Waals surface area (Å²) in [6.07, 6.45) is 3.02. The molecule has 3 rings (SSSR count). The zero-order chi connectivity index (χ0) is 28.2. The van der Waals surface area contributed by atoms with Gasteiger partial charge in [-0.15, -0.1) is 0 Å². The monoisotopic (exact) mass is 537 g/mol. The number of nitrogens with two attached hydrogens (primary N) is 2. The van der Waals surface area contributed by atoms with Gasteiger partial charge in [0, 0.05) is 13.0 Å². The molecular weight excluding hydrogens is 498 g/mol. The van der Waals surface area contributed by atoms with Crippen LogP contribution in [-0.2, 0) is 32.0 Å². The molecule has 0 radical (unpaired) electrons. The average Bonchev–Trinajstić information content (AvgIpc) is 3.43. The Morgan fingerprint density at radius 2 is 1.51 bits per heavy atom. The number of rotatable bonds is 14. The first-order valence-electron chi connectivity index (χ1n) is 13.5. The third-order valence-electron chi connectivity index (χ3n) is 6.93. The van der Waals surface area contributed by atoms with Gasteiger partial charge in [-0.3, -0.25) is 14.4 Å². The number of likely N-dealkylation sites (tertiary alicyclic amines) is 1. The van der Waals surface area contributed by atoms with Crippen LogP contribution < -0.4 is 22.1 Å². The summed E-state index contributed by atoms with van der Waals surface area (Å²) in [6.45, 7) is 0.772. The average molecular weight is 538 g/mol. The Morgan fingerprint density at radius 1 is 0.897 bits per heavy atom. The molecule has 1 saturated heterocycles. The molecule has 10 heteroatoms. The summed E-state index contributed by atoms with van der Waals surface area (Å²) in [6, 6.07) is 15.0. The highest BCUT2D eigenvalue weighted by atomic mass is 16.4. The maximum Gasteiger partial charge on any atom is 0.326 e. The van der Waals surface area contributed by atoms with Gasteiger partial charge < -0.3 is 32.1 Å². The van der Waals surface area contributed by atoms with Crippen LogP contribution >= 0.6 is 0 Å². The molecule has 7 N–H and O–H groups in total. The van der Waals surface area contributed by atoms with E-state index in [9.17, 15) is 24.3 Å². The Labute approximate surface area is 229 Å². The third kappa shape index (κ3) is 8.90. The molecule has 0 aliphatic carbocycles. The molecule has 3 amide bonds. The number of benzene rings is 2. The van der Waals surface area contributed by atoms with Crippen LogP contribution in [0.3, 0.4) is 0 Å². The number of nitrogens with zero attached hydrogens (tertiary/aromatic N) is 1. The highest BCUT2D eigenvalue weighted by Gasteiger charge is 2.39. The SMILES string of the molecule is NCCCCC(NC(=O)C1CCCN1C(=O)C(Cc1ccccc1)NC(=O)C(N)Cc1ccccc1)C(=O)O. The number of carboxylic acid groups (broad SMARTS) is 1. The number of aliphatic carboxylic acids is 1. The number of carbonyl (C=O) groups excluding carboxylic acids is 3. The molecule has 10 nitrogen and oxygen atoms in total. The second-order valence-electron chi connectivity index (χ2n) is 9.92. The van der Waals surface area contributed by atoms with Gasteiger partial charge in [-0.2, -0.15) is 0 Å². The first kappa shape index (κ1) is 29.8. The molecule has 4 atom stereocenters. The fourth-order valence-electron chi connectivity index (χ4n) is 4.81. The van der Waals surface area contributed by atoms with Gasteiger partial charge in [-0.05, 0) is 56.2 Å². The van der Waals surface area contributed by atoms with Gasteiger partial charge in [0.15, 0.2) is 0 Å². The van der Waals surface area contributed by atoms with Gasteiger partial charge in [-0.25, -0.2) is 4.79 Å². The summed E-state index contributed by atoms with van der Waals surface area (Å²) >= 11 is 0. The van der Waals surface area contributed by atoms with Gasteiger partial charge >= 0.3 is 5.97 Å². The standard InChI is InChI=1S/C29H39N5O5/c30-16-8-7-14-23(29(38)39)32-27(36)25-15-9-17-34(25)28(37)24(19-21-12-5-2-6-13-21)33-26(35)22(31)18-20-10-3-1-4-11-20/h1-6,10-13,22-25H,7-9,14-19,30-31H2,(H,32,36)(H,33,35)(H,38,39). The van der Waals surface area contributed by atoms with Crippen molar-refractivity contribution in [3.05, 3.63) is 71.8 Å². The van der Waals surface area contributed by atoms with Crippen molar-refractivity contribution in [1.29, 1.82) is 0 Å². The maximum atomic E-state index is 13.8. The predicted molar refractivity (Wildman–Crippen MR) is 147 cm³/mol. The topological polar surface area (TPSA) is 168 Å². The highest BCUT2D eigenvalue weighted by molar-refractivity contribution is 5.94. The minimum absolute atomic E-state index is 0.227. The third-order valence-corrected chi connectivity index (χ3v) is 6.93. The lowest BCUT2D eigenvalue weighted by atomic mass is 10.0. The van der Waals surface area contributed by atoms with E-state index in [1.807, 2.05) is 60.7 Å². The molecule has 4 unspecified atom stereocenters. The van der Waals surface area contributed by atoms with Gasteiger partial charge in [-0.1, -0.05) is 60.7 Å². The van der Waals surface area contributed by atoms with E-state index in [-0.39, 0.29) is 12.8 Å². The van der Waals surface area contributed by atoms with Crippen molar-refractivity contribution < 1.29 is 24.3 Å². The Bertz CT molecular complexity index is 1100. The molecule has 1 heterocycles. The minimum Gasteiger partial charge on any atom is -0.480 e. The molecule has 0 bridgehead atoms. The van der Waals surface area contributed by atoms with Crippen LogP contribution in [0.1, 0.15) is 43.2 Å². The molecule has 1 aliphatic heterocycles. The van der Waals surface area contributed by atoms with E-state index in [4.69, 9.17) is 11.5 Å². The van der Waals surface area contributed by atoms with Crippen LogP contribution in [0.4, 0.5) is 0 Å². The van der Waals surface area contributed by atoms with Gasteiger partial charge in [0.1, 0.15) is 18.1 Å². The number of carboxylic acids is 1. The van der Waals surface area contributed by atoms with E-state index >= 15 is 0 Å². The van der Waals surface area contributed by atoms with Crippen LogP contribution in [0.25, 0.3) is 0 Å². The minimum atomic E-state index is -1.13. The molecular formula is C29H39N5O5. The second-order valence-corrected chi connectivity index (χ2v) is 9.92. The maximum absolute atomic E-state index is 13.8. The highest BCUT2D eigenvalue weighted by Crippen LogP contribution is 2.20. The number of unbranched alkanes of at least 4 members (excludes halogenated alkanes) is 1. The first-order chi connectivity index (χ1) is 18.8. The number of amides is 3. The van der Waals surface area contributed by atoms with Gasteiger partial charge in [0.25, 0.3) is 0 Å². The Hall–Kier alpha value is -3.76. The molecule has 2 aromatic rings. The van der Waals surface area contributed by atoms with Crippen LogP contribution in [0.2, 0.25) is 0 Å². The summed E-state index contributed by atoms with van der Waals surface area (Å²) in [5.74, 6) is -2.49. The van der Waals surface area contributed by atoms with E-state index in [2.05, 4.69) is 10.6 Å². The van der Waals surface area contributed by atoms with E-state index < -0.39 is 47.9 Å². The first-order valence-corrected chi connectivity index (χ1v) is 13.5. The van der Waals surface area contributed by atoms with E-state index in [1.54, 1.807) is 0 Å². The molecule has 0 saturated carbocycles. The van der Waals surface area contributed by atoms with Crippen molar-refractivity contribution in [2.24, 2.45) is 11.5 Å². The summed E-state index contributed by atoms with van der Waals surface area (Å²) in [5.41, 5.74) is 13.4. The second kappa shape index (κ2) is 15.0. The predicted octanol–water partition coefficient (Wildman–Crippen LogP) is 0.973. The number of carbonyl (C=O) groups is 4. The van der Waals surface area contributed by atoms with E-state index in [1.165, 1.54) is 4.90 Å². The molecule has 2 aromatic carbocycles. The molecule has 1 fully saturated rings. The molecule has 210 valence electrons. The molecule has 39 heavy (non-hydrogen) atoms. The van der Waals surface area contributed by atoms with Crippen molar-refractivity contribution in [2.45, 2.75) is 69.1 Å². The summed E-state index contributed by atoms with van der Waals surface area (Å²) in [7, 11) is 0. The van der Waals surface area contributed by atoms with Crippen molar-refractivity contribution in [1.82, 2.24) is 15.5 Å². The number of hydrogen-bond donors (Lipinski definition) is 5. The molecule has 0 aromatic heterocycles. The van der Waals surface area contributed by atoms with Crippen molar-refractivity contribution in [2.75, 3.05) is 13.1 Å². The number of hydrogen-bond acceptors (Lipinski definition) is 6. The van der Waals surface area contributed by atoms with Crippen LogP contribution in [0.15, 0.2) is 60.7 Å². The molecule has 1 aliphatic rings. The summed E-state index contributed by atoms with van der Waals surface area (Å²) in [4.78, 5) is 53.1. The van der Waals surface area contributed by atoms with Crippen molar-refractivity contribution in [3.8, 4) is 0 Å². The summed E-state index contributed by atoms with van der Waals surface area (Å²) in [5, 5.41) is 15.0. The van der Waals surface area contributed by atoms with Crippen molar-refractivity contribution >= 4 is 23.7 Å². The number of nitrogens with one attached hydrogen (secondary N) is 2. The van der Waals surface area contributed by atoms with Crippen LogP contribution in [0, 0.1) is 0 Å². The lowest BCUT2D eigenvalue weighted by molar-refractivity contribution is -0.145. The van der Waals surface area contributed by atoms with E-state index in [0.29, 0.717) is 45.2 Å². The Balaban J connectivity index is 1.73. The Morgan fingerprint density at radius 3 is 2.10 bits per heavy atom. The van der Waals surface area contributed by atoms with Gasteiger partial charge in [0.2, 0.25) is 17.7 Å². The largest absolute Gasteiger partial charge is 0.480 e. The molecule has 0 spiro atoms. The van der Waals surface area contributed by atoms with Crippen LogP contribution in [-0.4, -0.2) is 71.0 Å². The normalized spacial score (nSPS) is 17.2. The lowest BCUT2D eigenvalue weighted by Gasteiger charge is -2.30. The summed E-state index contributed by atoms with van der Waals surface area (Å²) < 4.78 is 0. The van der Waals surface area contributed by atoms with Crippen LogP contribution in [0.5, 0.6) is 0 Å². The zero-order valence-electron chi connectivity index (χ0n) is 22.1. The fraction of sp³-hybridized carbons (Fsp3) is 0.448. The quantitative estimate of drug-likeness (QED) is 0.224. The van der Waals surface area contributed by atoms with Crippen molar-refractivity contribution in [3.63, 3.8) is 0 Å². The lowest BCUT2D eigenvalue weighted by Crippen LogP contribution is -2.57.